The molecular weight excluding hydrogens is 220 g/mol. The molecule has 0 aromatic rings. The van der Waals surface area contributed by atoms with Gasteiger partial charge in [0.15, 0.2) is 0 Å². The molecule has 1 heterocycles. The molecule has 106 valence electrons. The van der Waals surface area contributed by atoms with Crippen LogP contribution < -0.4 is 5.73 Å². The Morgan fingerprint density at radius 3 is 2.33 bits per heavy atom. The van der Waals surface area contributed by atoms with Crippen LogP contribution in [0.25, 0.3) is 0 Å². The van der Waals surface area contributed by atoms with Gasteiger partial charge < -0.3 is 10.6 Å². The van der Waals surface area contributed by atoms with E-state index in [1.54, 1.807) is 0 Å². The third-order valence-electron chi connectivity index (χ3n) is 5.59. The SMILES string of the molecule is CCC1CCN(CCC2(CN)CCCCC2)CC1. The van der Waals surface area contributed by atoms with Crippen molar-refractivity contribution in [2.45, 2.75) is 64.7 Å². The molecule has 0 bridgehead atoms. The van der Waals surface area contributed by atoms with Crippen LogP contribution in [0, 0.1) is 11.3 Å². The summed E-state index contributed by atoms with van der Waals surface area (Å²) in [5.74, 6) is 0.999. The van der Waals surface area contributed by atoms with E-state index < -0.39 is 0 Å². The molecule has 18 heavy (non-hydrogen) atoms. The number of likely N-dealkylation sites (tertiary alicyclic amines) is 1. The van der Waals surface area contributed by atoms with Gasteiger partial charge in [-0.15, -0.1) is 0 Å². The van der Waals surface area contributed by atoms with E-state index >= 15 is 0 Å². The highest BCUT2D eigenvalue weighted by molar-refractivity contribution is 4.85. The van der Waals surface area contributed by atoms with Gasteiger partial charge in [0.1, 0.15) is 0 Å². The van der Waals surface area contributed by atoms with Crippen molar-refractivity contribution in [2.75, 3.05) is 26.2 Å². The first kappa shape index (κ1) is 14.3. The zero-order valence-corrected chi connectivity index (χ0v) is 12.3. The van der Waals surface area contributed by atoms with E-state index in [4.69, 9.17) is 5.73 Å². The van der Waals surface area contributed by atoms with Crippen LogP contribution in [0.2, 0.25) is 0 Å². The van der Waals surface area contributed by atoms with Gasteiger partial charge in [0.25, 0.3) is 0 Å². The maximum Gasteiger partial charge on any atom is -0.00130 e. The third kappa shape index (κ3) is 3.71. The first-order valence-corrected chi connectivity index (χ1v) is 8.20. The van der Waals surface area contributed by atoms with E-state index in [0.29, 0.717) is 5.41 Å². The second-order valence-corrected chi connectivity index (χ2v) is 6.71. The molecule has 0 unspecified atom stereocenters. The first-order valence-electron chi connectivity index (χ1n) is 8.20. The van der Waals surface area contributed by atoms with Crippen molar-refractivity contribution < 1.29 is 0 Å². The van der Waals surface area contributed by atoms with Crippen molar-refractivity contribution in [1.82, 2.24) is 4.90 Å². The van der Waals surface area contributed by atoms with Gasteiger partial charge in [0, 0.05) is 0 Å². The fourth-order valence-corrected chi connectivity index (χ4v) is 3.87. The number of nitrogens with zero attached hydrogens (tertiary/aromatic N) is 1. The Kier molecular flexibility index (Phi) is 5.50. The Hall–Kier alpha value is -0.0800. The average Bonchev–Trinajstić information content (AvgIpc) is 2.47. The Morgan fingerprint density at radius 1 is 1.11 bits per heavy atom. The van der Waals surface area contributed by atoms with Crippen molar-refractivity contribution in [1.29, 1.82) is 0 Å². The van der Waals surface area contributed by atoms with Gasteiger partial charge in [-0.05, 0) is 69.6 Å². The van der Waals surface area contributed by atoms with Gasteiger partial charge >= 0.3 is 0 Å². The van der Waals surface area contributed by atoms with Crippen molar-refractivity contribution in [3.05, 3.63) is 0 Å². The number of nitrogens with two attached hydrogens (primary N) is 1. The quantitative estimate of drug-likeness (QED) is 0.812. The molecule has 2 fully saturated rings. The molecule has 0 atom stereocenters. The van der Waals surface area contributed by atoms with Gasteiger partial charge in [-0.3, -0.25) is 0 Å². The van der Waals surface area contributed by atoms with E-state index in [1.807, 2.05) is 0 Å². The van der Waals surface area contributed by atoms with Crippen LogP contribution >= 0.6 is 0 Å². The standard InChI is InChI=1S/C16H32N2/c1-2-15-6-11-18(12-7-15)13-10-16(14-17)8-4-3-5-9-16/h15H,2-14,17H2,1H3. The summed E-state index contributed by atoms with van der Waals surface area (Å²) in [7, 11) is 0. The van der Waals surface area contributed by atoms with Crippen LogP contribution in [-0.2, 0) is 0 Å². The fraction of sp³-hybridized carbons (Fsp3) is 1.00. The molecule has 0 amide bonds. The zero-order chi connectivity index (χ0) is 12.8. The summed E-state index contributed by atoms with van der Waals surface area (Å²) in [6, 6.07) is 0. The van der Waals surface area contributed by atoms with E-state index in [2.05, 4.69) is 11.8 Å². The van der Waals surface area contributed by atoms with Crippen molar-refractivity contribution in [3.63, 3.8) is 0 Å². The Bertz CT molecular complexity index is 225. The number of hydrogen-bond acceptors (Lipinski definition) is 2. The highest BCUT2D eigenvalue weighted by Gasteiger charge is 2.31. The average molecular weight is 252 g/mol. The van der Waals surface area contributed by atoms with Crippen molar-refractivity contribution in [3.8, 4) is 0 Å². The molecule has 0 radical (unpaired) electrons. The second-order valence-electron chi connectivity index (χ2n) is 6.71. The molecular formula is C16H32N2. The van der Waals surface area contributed by atoms with E-state index in [1.165, 1.54) is 77.4 Å². The van der Waals surface area contributed by atoms with E-state index in [9.17, 15) is 0 Å². The largest absolute Gasteiger partial charge is 0.330 e. The summed E-state index contributed by atoms with van der Waals surface area (Å²) in [4.78, 5) is 2.69. The van der Waals surface area contributed by atoms with Gasteiger partial charge in [0.05, 0.1) is 0 Å². The molecule has 2 rings (SSSR count). The monoisotopic (exact) mass is 252 g/mol. The maximum atomic E-state index is 6.08. The lowest BCUT2D eigenvalue weighted by Gasteiger charge is -2.39. The van der Waals surface area contributed by atoms with Crippen LogP contribution in [0.15, 0.2) is 0 Å². The highest BCUT2D eigenvalue weighted by atomic mass is 15.1. The van der Waals surface area contributed by atoms with Crippen LogP contribution in [-0.4, -0.2) is 31.1 Å². The highest BCUT2D eigenvalue weighted by Crippen LogP contribution is 2.38. The lowest BCUT2D eigenvalue weighted by Crippen LogP contribution is -2.40. The van der Waals surface area contributed by atoms with Gasteiger partial charge in [0.2, 0.25) is 0 Å². The van der Waals surface area contributed by atoms with Gasteiger partial charge in [-0.1, -0.05) is 32.6 Å². The van der Waals surface area contributed by atoms with Gasteiger partial charge in [-0.2, -0.15) is 0 Å². The van der Waals surface area contributed by atoms with Crippen LogP contribution in [0.5, 0.6) is 0 Å². The molecule has 2 aliphatic rings. The second kappa shape index (κ2) is 6.91. The Balaban J connectivity index is 1.73. The lowest BCUT2D eigenvalue weighted by molar-refractivity contribution is 0.122. The predicted octanol–water partition coefficient (Wildman–Crippen LogP) is 3.41. The summed E-state index contributed by atoms with van der Waals surface area (Å²) < 4.78 is 0. The Labute approximate surface area is 113 Å². The van der Waals surface area contributed by atoms with E-state index in [-0.39, 0.29) is 0 Å². The summed E-state index contributed by atoms with van der Waals surface area (Å²) in [6.45, 7) is 7.22. The minimum atomic E-state index is 0.500. The lowest BCUT2D eigenvalue weighted by atomic mass is 9.72. The topological polar surface area (TPSA) is 29.3 Å². The first-order chi connectivity index (χ1) is 8.78. The summed E-state index contributed by atoms with van der Waals surface area (Å²) in [6.07, 6.45) is 12.6. The minimum Gasteiger partial charge on any atom is -0.330 e. The van der Waals surface area contributed by atoms with E-state index in [0.717, 1.165) is 12.5 Å². The predicted molar refractivity (Wildman–Crippen MR) is 78.6 cm³/mol. The van der Waals surface area contributed by atoms with Crippen molar-refractivity contribution in [2.24, 2.45) is 17.1 Å². The summed E-state index contributed by atoms with van der Waals surface area (Å²) >= 11 is 0. The molecule has 2 N–H and O–H groups in total. The molecule has 1 saturated carbocycles. The smallest absolute Gasteiger partial charge is 0.00130 e. The third-order valence-corrected chi connectivity index (χ3v) is 5.59. The molecule has 1 aliphatic heterocycles. The van der Waals surface area contributed by atoms with Crippen LogP contribution in [0.4, 0.5) is 0 Å². The zero-order valence-electron chi connectivity index (χ0n) is 12.3. The number of rotatable bonds is 5. The van der Waals surface area contributed by atoms with Crippen LogP contribution in [0.3, 0.4) is 0 Å². The summed E-state index contributed by atoms with van der Waals surface area (Å²) in [5.41, 5.74) is 6.58. The Morgan fingerprint density at radius 2 is 1.78 bits per heavy atom. The molecule has 0 spiro atoms. The van der Waals surface area contributed by atoms with Crippen LogP contribution in [0.1, 0.15) is 64.7 Å². The van der Waals surface area contributed by atoms with Crippen molar-refractivity contribution >= 4 is 0 Å². The summed E-state index contributed by atoms with van der Waals surface area (Å²) in [5, 5.41) is 0. The number of piperidine rings is 1. The molecule has 2 nitrogen and oxygen atoms in total. The molecule has 1 saturated heterocycles. The minimum absolute atomic E-state index is 0.500. The molecule has 0 aromatic heterocycles. The normalized spacial score (nSPS) is 26.3. The maximum absolute atomic E-state index is 6.08. The molecule has 0 aromatic carbocycles. The molecule has 2 heteroatoms. The number of hydrogen-bond donors (Lipinski definition) is 1. The van der Waals surface area contributed by atoms with Gasteiger partial charge in [-0.25, -0.2) is 0 Å². The molecule has 1 aliphatic carbocycles. The fourth-order valence-electron chi connectivity index (χ4n) is 3.87.